The lowest BCUT2D eigenvalue weighted by Gasteiger charge is -2.15. The van der Waals surface area contributed by atoms with Crippen LogP contribution in [0, 0.1) is 0 Å². The van der Waals surface area contributed by atoms with E-state index in [-0.39, 0.29) is 0 Å². The van der Waals surface area contributed by atoms with Gasteiger partial charge in [-0.15, -0.1) is 0 Å². The van der Waals surface area contributed by atoms with Gasteiger partial charge in [-0.1, -0.05) is 64.3 Å². The Bertz CT molecular complexity index is 711. The van der Waals surface area contributed by atoms with Crippen molar-refractivity contribution >= 4 is 16.5 Å². The topological polar surface area (TPSA) is 33.1 Å². The largest absolute Gasteiger partial charge is 0.387 e. The Kier molecular flexibility index (Phi) is 7.43. The van der Waals surface area contributed by atoms with Gasteiger partial charge in [0.15, 0.2) is 0 Å². The van der Waals surface area contributed by atoms with Crippen molar-refractivity contribution in [1.29, 1.82) is 0 Å². The average Bonchev–Trinajstić information content (AvgIpc) is 2.59. The fourth-order valence-electron chi connectivity index (χ4n) is 2.52. The minimum atomic E-state index is -0.636. The zero-order valence-corrected chi connectivity index (χ0v) is 14.6. The van der Waals surface area contributed by atoms with E-state index in [1.807, 2.05) is 32.1 Å². The smallest absolute Gasteiger partial charge is 0.0938 e. The molecule has 0 saturated heterocycles. The van der Waals surface area contributed by atoms with E-state index in [0.717, 1.165) is 28.5 Å². The number of allylic oxidation sites excluding steroid dienone is 4. The van der Waals surface area contributed by atoms with E-state index in [0.29, 0.717) is 5.69 Å². The Hall–Kier alpha value is -2.19. The Morgan fingerprint density at radius 3 is 2.52 bits per heavy atom. The first kappa shape index (κ1) is 18.9. The normalized spacial score (nSPS) is 12.3. The fraction of sp³-hybridized carbons (Fsp3) is 0.286. The quantitative estimate of drug-likeness (QED) is 0.726. The molecule has 0 spiro atoms. The zero-order chi connectivity index (χ0) is 17.4. The second-order valence-corrected chi connectivity index (χ2v) is 5.00. The van der Waals surface area contributed by atoms with Gasteiger partial charge in [-0.25, -0.2) is 4.98 Å². The summed E-state index contributed by atoms with van der Waals surface area (Å²) in [6.07, 6.45) is 5.68. The maximum atomic E-state index is 10.1. The molecule has 2 aromatic rings. The standard InChI is InChI=1S/C19H21NO.C2H6/c1-5-9-14(6-2)17-12-16-15(7-3)10-8-11-18(16)20-19(17)13(4)21;1-2/h5-6,8-13,21H,1-2,7H2,3-4H3;1-2H3/b14-9+;. The van der Waals surface area contributed by atoms with Crippen LogP contribution in [0.4, 0.5) is 0 Å². The number of aliphatic hydroxyl groups excluding tert-OH is 1. The summed E-state index contributed by atoms with van der Waals surface area (Å²) in [6.45, 7) is 15.5. The summed E-state index contributed by atoms with van der Waals surface area (Å²) in [6, 6.07) is 8.20. The molecule has 1 heterocycles. The molecule has 1 aromatic carbocycles. The second kappa shape index (κ2) is 9.06. The van der Waals surface area contributed by atoms with Crippen molar-refractivity contribution in [1.82, 2.24) is 4.98 Å². The Morgan fingerprint density at radius 1 is 1.30 bits per heavy atom. The molecular weight excluding hydrogens is 282 g/mol. The molecule has 2 rings (SSSR count). The summed E-state index contributed by atoms with van der Waals surface area (Å²) in [5.74, 6) is 0. The summed E-state index contributed by atoms with van der Waals surface area (Å²) in [4.78, 5) is 4.66. The van der Waals surface area contributed by atoms with Gasteiger partial charge in [0, 0.05) is 10.9 Å². The van der Waals surface area contributed by atoms with Crippen molar-refractivity contribution in [2.45, 2.75) is 40.2 Å². The molecule has 2 heteroatoms. The molecule has 23 heavy (non-hydrogen) atoms. The van der Waals surface area contributed by atoms with Gasteiger partial charge >= 0.3 is 0 Å². The van der Waals surface area contributed by atoms with Crippen LogP contribution in [0.2, 0.25) is 0 Å². The van der Waals surface area contributed by atoms with Gasteiger partial charge in [-0.05, 0) is 36.6 Å². The van der Waals surface area contributed by atoms with Crippen LogP contribution in [0.1, 0.15) is 50.6 Å². The minimum Gasteiger partial charge on any atom is -0.387 e. The van der Waals surface area contributed by atoms with E-state index >= 15 is 0 Å². The second-order valence-electron chi connectivity index (χ2n) is 5.00. The lowest BCUT2D eigenvalue weighted by Crippen LogP contribution is -2.02. The number of hydrogen-bond acceptors (Lipinski definition) is 2. The average molecular weight is 309 g/mol. The van der Waals surface area contributed by atoms with Gasteiger partial charge in [-0.3, -0.25) is 0 Å². The third kappa shape index (κ3) is 4.17. The van der Waals surface area contributed by atoms with Crippen molar-refractivity contribution in [2.75, 3.05) is 0 Å². The first-order valence-electron chi connectivity index (χ1n) is 8.18. The van der Waals surface area contributed by atoms with Crippen LogP contribution in [0.25, 0.3) is 16.5 Å². The number of pyridine rings is 1. The summed E-state index contributed by atoms with van der Waals surface area (Å²) in [5.41, 5.74) is 4.66. The van der Waals surface area contributed by atoms with E-state index in [1.165, 1.54) is 5.56 Å². The molecule has 0 amide bonds. The maximum absolute atomic E-state index is 10.1. The van der Waals surface area contributed by atoms with E-state index in [1.54, 1.807) is 19.1 Å². The van der Waals surface area contributed by atoms with Crippen molar-refractivity contribution in [3.05, 3.63) is 72.5 Å². The molecule has 1 N–H and O–H groups in total. The van der Waals surface area contributed by atoms with Crippen LogP contribution >= 0.6 is 0 Å². The van der Waals surface area contributed by atoms with Crippen LogP contribution < -0.4 is 0 Å². The predicted octanol–water partition coefficient (Wildman–Crippen LogP) is 5.63. The molecule has 0 fully saturated rings. The number of fused-ring (bicyclic) bond motifs is 1. The highest BCUT2D eigenvalue weighted by Gasteiger charge is 2.14. The molecule has 0 aliphatic heterocycles. The Morgan fingerprint density at radius 2 is 2.00 bits per heavy atom. The third-order valence-corrected chi connectivity index (χ3v) is 3.58. The molecule has 0 radical (unpaired) electrons. The summed E-state index contributed by atoms with van der Waals surface area (Å²) in [5, 5.41) is 11.2. The van der Waals surface area contributed by atoms with Crippen LogP contribution in [0.5, 0.6) is 0 Å². The molecule has 122 valence electrons. The summed E-state index contributed by atoms with van der Waals surface area (Å²) in [7, 11) is 0. The molecule has 0 saturated carbocycles. The van der Waals surface area contributed by atoms with E-state index < -0.39 is 6.10 Å². The zero-order valence-electron chi connectivity index (χ0n) is 14.6. The molecule has 1 aromatic heterocycles. The number of aromatic nitrogens is 1. The van der Waals surface area contributed by atoms with Gasteiger partial charge in [0.2, 0.25) is 0 Å². The first-order valence-corrected chi connectivity index (χ1v) is 8.18. The highest BCUT2D eigenvalue weighted by molar-refractivity contribution is 5.88. The van der Waals surface area contributed by atoms with Crippen molar-refractivity contribution in [3.63, 3.8) is 0 Å². The SMILES string of the molecule is C=C/C=C(\C=C)c1cc2c(CC)cccc2nc1C(C)O.CC. The monoisotopic (exact) mass is 309 g/mol. The highest BCUT2D eigenvalue weighted by Crippen LogP contribution is 2.29. The van der Waals surface area contributed by atoms with Crippen LogP contribution in [0.15, 0.2) is 55.7 Å². The molecule has 0 aliphatic rings. The molecular formula is C21H27NO. The van der Waals surface area contributed by atoms with Gasteiger partial charge in [-0.2, -0.15) is 0 Å². The van der Waals surface area contributed by atoms with Crippen LogP contribution in [-0.2, 0) is 6.42 Å². The number of rotatable bonds is 5. The van der Waals surface area contributed by atoms with Gasteiger partial charge in [0.05, 0.1) is 17.3 Å². The van der Waals surface area contributed by atoms with Gasteiger partial charge < -0.3 is 5.11 Å². The number of aliphatic hydroxyl groups is 1. The number of nitrogens with zero attached hydrogens (tertiary/aromatic N) is 1. The highest BCUT2D eigenvalue weighted by atomic mass is 16.3. The minimum absolute atomic E-state index is 0.636. The van der Waals surface area contributed by atoms with Gasteiger partial charge in [0.1, 0.15) is 0 Å². The summed E-state index contributed by atoms with van der Waals surface area (Å²) < 4.78 is 0. The predicted molar refractivity (Wildman–Crippen MR) is 101 cm³/mol. The number of benzene rings is 1. The van der Waals surface area contributed by atoms with Crippen LogP contribution in [0.3, 0.4) is 0 Å². The van der Waals surface area contributed by atoms with Crippen molar-refractivity contribution < 1.29 is 5.11 Å². The third-order valence-electron chi connectivity index (χ3n) is 3.58. The van der Waals surface area contributed by atoms with Crippen LogP contribution in [-0.4, -0.2) is 10.1 Å². The van der Waals surface area contributed by atoms with E-state index in [2.05, 4.69) is 37.2 Å². The lowest BCUT2D eigenvalue weighted by atomic mass is 9.96. The Balaban J connectivity index is 0.00000127. The molecule has 0 bridgehead atoms. The van der Waals surface area contributed by atoms with Crippen molar-refractivity contribution in [2.24, 2.45) is 0 Å². The fourth-order valence-corrected chi connectivity index (χ4v) is 2.52. The molecule has 1 atom stereocenters. The molecule has 0 aliphatic carbocycles. The summed E-state index contributed by atoms with van der Waals surface area (Å²) >= 11 is 0. The van der Waals surface area contributed by atoms with Crippen molar-refractivity contribution in [3.8, 4) is 0 Å². The number of hydrogen-bond donors (Lipinski definition) is 1. The number of aryl methyl sites for hydroxylation is 1. The van der Waals surface area contributed by atoms with E-state index in [9.17, 15) is 5.11 Å². The van der Waals surface area contributed by atoms with E-state index in [4.69, 9.17) is 0 Å². The van der Waals surface area contributed by atoms with Gasteiger partial charge in [0.25, 0.3) is 0 Å². The lowest BCUT2D eigenvalue weighted by molar-refractivity contribution is 0.194. The molecule has 2 nitrogen and oxygen atoms in total. The Labute approximate surface area is 139 Å². The maximum Gasteiger partial charge on any atom is 0.0938 e. The first-order chi connectivity index (χ1) is 11.1. The molecule has 1 unspecified atom stereocenters.